The lowest BCUT2D eigenvalue weighted by atomic mass is 9.77. The van der Waals surface area contributed by atoms with Crippen LogP contribution in [0.25, 0.3) is 0 Å². The number of aliphatic hydroxyl groups is 1. The third-order valence-corrected chi connectivity index (χ3v) is 4.20. The van der Waals surface area contributed by atoms with Gasteiger partial charge < -0.3 is 10.4 Å². The molecule has 1 aliphatic carbocycles. The van der Waals surface area contributed by atoms with Gasteiger partial charge in [-0.05, 0) is 38.0 Å². The van der Waals surface area contributed by atoms with E-state index >= 15 is 0 Å². The van der Waals surface area contributed by atoms with Gasteiger partial charge in [-0.25, -0.2) is 0 Å². The molecule has 0 bridgehead atoms. The normalized spacial score (nSPS) is 28.1. The van der Waals surface area contributed by atoms with Gasteiger partial charge in [-0.2, -0.15) is 0 Å². The van der Waals surface area contributed by atoms with E-state index in [1.807, 2.05) is 0 Å². The number of carbonyl (C=O) groups is 1. The first-order valence-corrected chi connectivity index (χ1v) is 7.54. The number of unbranched alkanes of at least 4 members (excludes halogenated alkanes) is 3. The van der Waals surface area contributed by atoms with Crippen LogP contribution in [-0.4, -0.2) is 23.2 Å². The Kier molecular flexibility index (Phi) is 6.69. The predicted molar refractivity (Wildman–Crippen MR) is 74.4 cm³/mol. The summed E-state index contributed by atoms with van der Waals surface area (Å²) in [5.74, 6) is 0.848. The van der Waals surface area contributed by atoms with Gasteiger partial charge in [0, 0.05) is 6.42 Å². The summed E-state index contributed by atoms with van der Waals surface area (Å²) in [5.41, 5.74) is -0.325. The molecule has 1 amide bonds. The van der Waals surface area contributed by atoms with Gasteiger partial charge in [0.1, 0.15) is 0 Å². The number of nitrogens with one attached hydrogen (secondary N) is 1. The molecule has 1 aliphatic rings. The summed E-state index contributed by atoms with van der Waals surface area (Å²) < 4.78 is 0. The van der Waals surface area contributed by atoms with Crippen molar-refractivity contribution >= 4 is 5.91 Å². The Labute approximate surface area is 111 Å². The number of hydrogen-bond donors (Lipinski definition) is 2. The third kappa shape index (κ3) is 4.97. The third-order valence-electron chi connectivity index (χ3n) is 4.20. The Morgan fingerprint density at radius 2 is 1.94 bits per heavy atom. The fourth-order valence-corrected chi connectivity index (χ4v) is 2.71. The van der Waals surface area contributed by atoms with E-state index in [0.29, 0.717) is 6.42 Å². The van der Waals surface area contributed by atoms with E-state index in [-0.39, 0.29) is 18.1 Å². The van der Waals surface area contributed by atoms with Crippen LogP contribution in [0.1, 0.15) is 71.6 Å². The maximum absolute atomic E-state index is 11.9. The highest BCUT2D eigenvalue weighted by molar-refractivity contribution is 5.76. The van der Waals surface area contributed by atoms with Crippen LogP contribution in [0.3, 0.4) is 0 Å². The molecule has 0 spiro atoms. The van der Waals surface area contributed by atoms with Crippen LogP contribution in [0.2, 0.25) is 0 Å². The maximum Gasteiger partial charge on any atom is 0.220 e. The van der Waals surface area contributed by atoms with Crippen molar-refractivity contribution < 1.29 is 9.90 Å². The van der Waals surface area contributed by atoms with Crippen LogP contribution in [0.5, 0.6) is 0 Å². The number of hydrogen-bond acceptors (Lipinski definition) is 2. The Bertz CT molecular complexity index is 245. The van der Waals surface area contributed by atoms with Gasteiger partial charge in [-0.1, -0.05) is 33.1 Å². The summed E-state index contributed by atoms with van der Waals surface area (Å²) >= 11 is 0. The van der Waals surface area contributed by atoms with E-state index < -0.39 is 0 Å². The summed E-state index contributed by atoms with van der Waals surface area (Å²) in [6, 6.07) is 0. The molecule has 0 aliphatic heterocycles. The average Bonchev–Trinajstić information content (AvgIpc) is 2.38. The van der Waals surface area contributed by atoms with E-state index in [9.17, 15) is 9.90 Å². The van der Waals surface area contributed by atoms with Crippen molar-refractivity contribution in [3.63, 3.8) is 0 Å². The number of aliphatic hydroxyl groups excluding tert-OH is 1. The zero-order valence-corrected chi connectivity index (χ0v) is 12.0. The van der Waals surface area contributed by atoms with Gasteiger partial charge >= 0.3 is 0 Å². The highest BCUT2D eigenvalue weighted by Gasteiger charge is 2.34. The minimum absolute atomic E-state index is 0.0837. The van der Waals surface area contributed by atoms with Crippen LogP contribution < -0.4 is 5.32 Å². The predicted octanol–water partition coefficient (Wildman–Crippen LogP) is 3.01. The fourth-order valence-electron chi connectivity index (χ4n) is 2.71. The molecule has 0 aromatic carbocycles. The lowest BCUT2D eigenvalue weighted by molar-refractivity contribution is -0.124. The zero-order chi connectivity index (χ0) is 13.4. The zero-order valence-electron chi connectivity index (χ0n) is 12.0. The van der Waals surface area contributed by atoms with Crippen molar-refractivity contribution in [2.24, 2.45) is 5.92 Å². The van der Waals surface area contributed by atoms with E-state index in [1.165, 1.54) is 12.8 Å². The minimum atomic E-state index is -0.325. The first-order chi connectivity index (χ1) is 8.62. The van der Waals surface area contributed by atoms with Crippen molar-refractivity contribution in [1.82, 2.24) is 5.32 Å². The maximum atomic E-state index is 11.9. The summed E-state index contributed by atoms with van der Waals surface area (Å²) in [4.78, 5) is 11.9. The Hall–Kier alpha value is -0.570. The van der Waals surface area contributed by atoms with Crippen LogP contribution in [0.15, 0.2) is 0 Å². The molecular formula is C15H29NO2. The molecule has 1 rings (SSSR count). The van der Waals surface area contributed by atoms with Gasteiger partial charge in [0.05, 0.1) is 12.1 Å². The monoisotopic (exact) mass is 255 g/mol. The van der Waals surface area contributed by atoms with Crippen LogP contribution in [-0.2, 0) is 4.79 Å². The van der Waals surface area contributed by atoms with E-state index in [2.05, 4.69) is 19.2 Å². The molecule has 0 aromatic rings. The molecule has 2 N–H and O–H groups in total. The lowest BCUT2D eigenvalue weighted by Crippen LogP contribution is -2.53. The average molecular weight is 255 g/mol. The number of carbonyl (C=O) groups excluding carboxylic acids is 1. The first kappa shape index (κ1) is 15.5. The summed E-state index contributed by atoms with van der Waals surface area (Å²) in [5, 5.41) is 12.7. The smallest absolute Gasteiger partial charge is 0.220 e. The van der Waals surface area contributed by atoms with Gasteiger partial charge in [0.15, 0.2) is 0 Å². The van der Waals surface area contributed by atoms with Crippen molar-refractivity contribution in [2.75, 3.05) is 6.61 Å². The van der Waals surface area contributed by atoms with E-state index in [1.54, 1.807) is 0 Å². The molecule has 0 radical (unpaired) electrons. The molecule has 3 heteroatoms. The van der Waals surface area contributed by atoms with Crippen LogP contribution >= 0.6 is 0 Å². The molecule has 1 saturated carbocycles. The van der Waals surface area contributed by atoms with Crippen molar-refractivity contribution in [3.8, 4) is 0 Å². The molecule has 0 heterocycles. The summed E-state index contributed by atoms with van der Waals surface area (Å²) in [6.45, 7) is 4.50. The number of rotatable bonds is 7. The van der Waals surface area contributed by atoms with E-state index in [0.717, 1.165) is 44.4 Å². The SMILES string of the molecule is CCCCCCC(=O)NC1(CO)CCC(C)CC1. The molecule has 18 heavy (non-hydrogen) atoms. The van der Waals surface area contributed by atoms with Crippen molar-refractivity contribution in [3.05, 3.63) is 0 Å². The Balaban J connectivity index is 2.31. The topological polar surface area (TPSA) is 49.3 Å². The van der Waals surface area contributed by atoms with Crippen molar-refractivity contribution in [1.29, 1.82) is 0 Å². The highest BCUT2D eigenvalue weighted by Crippen LogP contribution is 2.31. The second kappa shape index (κ2) is 7.78. The van der Waals surface area contributed by atoms with Crippen molar-refractivity contribution in [2.45, 2.75) is 77.2 Å². The van der Waals surface area contributed by atoms with Crippen LogP contribution in [0, 0.1) is 5.92 Å². The Morgan fingerprint density at radius 3 is 2.50 bits per heavy atom. The standard InChI is InChI=1S/C15H29NO2/c1-3-4-5-6-7-14(18)16-15(12-17)10-8-13(2)9-11-15/h13,17H,3-12H2,1-2H3,(H,16,18). The summed E-state index contributed by atoms with van der Waals surface area (Å²) in [6.07, 6.45) is 9.17. The molecule has 0 unspecified atom stereocenters. The highest BCUT2D eigenvalue weighted by atomic mass is 16.3. The quantitative estimate of drug-likeness (QED) is 0.687. The second-order valence-electron chi connectivity index (χ2n) is 5.98. The van der Waals surface area contributed by atoms with Gasteiger partial charge in [-0.3, -0.25) is 4.79 Å². The Morgan fingerprint density at radius 1 is 1.28 bits per heavy atom. The summed E-state index contributed by atoms with van der Waals surface area (Å²) in [7, 11) is 0. The van der Waals surface area contributed by atoms with Gasteiger partial charge in [0.25, 0.3) is 0 Å². The fraction of sp³-hybridized carbons (Fsp3) is 0.933. The molecule has 3 nitrogen and oxygen atoms in total. The minimum Gasteiger partial charge on any atom is -0.394 e. The van der Waals surface area contributed by atoms with Gasteiger partial charge in [-0.15, -0.1) is 0 Å². The molecule has 106 valence electrons. The lowest BCUT2D eigenvalue weighted by Gasteiger charge is -2.38. The molecular weight excluding hydrogens is 226 g/mol. The first-order valence-electron chi connectivity index (χ1n) is 7.54. The second-order valence-corrected chi connectivity index (χ2v) is 5.98. The van der Waals surface area contributed by atoms with Gasteiger partial charge in [0.2, 0.25) is 5.91 Å². The molecule has 1 fully saturated rings. The number of amides is 1. The molecule has 0 atom stereocenters. The molecule has 0 saturated heterocycles. The largest absolute Gasteiger partial charge is 0.394 e. The molecule has 0 aromatic heterocycles. The van der Waals surface area contributed by atoms with Crippen LogP contribution in [0.4, 0.5) is 0 Å². The van der Waals surface area contributed by atoms with E-state index in [4.69, 9.17) is 0 Å².